The average Bonchev–Trinajstić information content (AvgIpc) is 2.86. The Hall–Kier alpha value is -4.22. The zero-order valence-electron chi connectivity index (χ0n) is 20.0. The lowest BCUT2D eigenvalue weighted by Crippen LogP contribution is -2.54. The molecule has 0 saturated carbocycles. The Morgan fingerprint density at radius 1 is 1.10 bits per heavy atom. The molecule has 1 aliphatic rings. The van der Waals surface area contributed by atoms with Crippen molar-refractivity contribution >= 4 is 17.5 Å². The molecule has 3 aromatic heterocycles. The Labute approximate surface area is 215 Å². The van der Waals surface area contributed by atoms with E-state index in [0.717, 1.165) is 6.20 Å². The number of H-pyrrole nitrogens is 1. The van der Waals surface area contributed by atoms with Gasteiger partial charge in [0.2, 0.25) is 11.8 Å². The van der Waals surface area contributed by atoms with Gasteiger partial charge in [-0.15, -0.1) is 0 Å². The minimum Gasteiger partial charge on any atom is -0.475 e. The van der Waals surface area contributed by atoms with Crippen LogP contribution in [0.3, 0.4) is 0 Å². The van der Waals surface area contributed by atoms with Gasteiger partial charge < -0.3 is 25.0 Å². The largest absolute Gasteiger partial charge is 0.475 e. The van der Waals surface area contributed by atoms with Gasteiger partial charge >= 0.3 is 12.4 Å². The first-order valence-corrected chi connectivity index (χ1v) is 11.3. The predicted molar refractivity (Wildman–Crippen MR) is 123 cm³/mol. The number of β-amino-alcohol motifs (C(OH)–C–C–N with tert-alkyl or cyclic N) is 1. The van der Waals surface area contributed by atoms with Gasteiger partial charge in [0.25, 0.3) is 5.56 Å². The van der Waals surface area contributed by atoms with Gasteiger partial charge in [0.05, 0.1) is 30.0 Å². The number of piperazine rings is 1. The summed E-state index contributed by atoms with van der Waals surface area (Å²) in [7, 11) is 0. The van der Waals surface area contributed by atoms with Crippen molar-refractivity contribution in [2.24, 2.45) is 0 Å². The molecule has 210 valence electrons. The summed E-state index contributed by atoms with van der Waals surface area (Å²) in [5.41, 5.74) is -4.30. The number of nitrogens with one attached hydrogen (secondary N) is 2. The maximum absolute atomic E-state index is 13.2. The van der Waals surface area contributed by atoms with E-state index in [9.17, 15) is 36.2 Å². The SMILES string of the molecule is C[C@@H](COc1cc(N2CCN(c3ncc(C(F)(F)F)cn3)C[C@@H]2O)ncn1)Nc1cn[nH]c(=O)c1C(F)(F)F. The summed E-state index contributed by atoms with van der Waals surface area (Å²) in [6.07, 6.45) is -7.24. The molecule has 39 heavy (non-hydrogen) atoms. The van der Waals surface area contributed by atoms with Crippen LogP contribution in [-0.2, 0) is 12.4 Å². The zero-order chi connectivity index (χ0) is 28.4. The predicted octanol–water partition coefficient (Wildman–Crippen LogP) is 1.91. The molecule has 3 N–H and O–H groups in total. The van der Waals surface area contributed by atoms with Crippen molar-refractivity contribution in [3.05, 3.63) is 52.5 Å². The van der Waals surface area contributed by atoms with Crippen molar-refractivity contribution in [2.45, 2.75) is 31.5 Å². The molecule has 1 saturated heterocycles. The number of ether oxygens (including phenoxy) is 1. The van der Waals surface area contributed by atoms with Crippen molar-refractivity contribution in [3.63, 3.8) is 0 Å². The number of hydrogen-bond donors (Lipinski definition) is 3. The van der Waals surface area contributed by atoms with Crippen LogP contribution >= 0.6 is 0 Å². The number of alkyl halides is 6. The van der Waals surface area contributed by atoms with Crippen LogP contribution < -0.4 is 25.4 Å². The fourth-order valence-electron chi connectivity index (χ4n) is 3.72. The lowest BCUT2D eigenvalue weighted by molar-refractivity contribution is -0.139. The van der Waals surface area contributed by atoms with Crippen molar-refractivity contribution in [3.8, 4) is 5.88 Å². The maximum Gasteiger partial charge on any atom is 0.423 e. The van der Waals surface area contributed by atoms with Crippen LogP contribution in [0.25, 0.3) is 0 Å². The van der Waals surface area contributed by atoms with E-state index in [1.165, 1.54) is 29.1 Å². The number of aliphatic hydroxyl groups excluding tert-OH is 1. The number of halogens is 6. The topological polar surface area (TPSA) is 145 Å². The van der Waals surface area contributed by atoms with E-state index in [-0.39, 0.29) is 43.9 Å². The average molecular weight is 561 g/mol. The Kier molecular flexibility index (Phi) is 7.75. The normalized spacial score (nSPS) is 17.2. The van der Waals surface area contributed by atoms with E-state index in [1.807, 2.05) is 0 Å². The summed E-state index contributed by atoms with van der Waals surface area (Å²) >= 11 is 0. The molecule has 0 aliphatic carbocycles. The van der Waals surface area contributed by atoms with Crippen LogP contribution in [0.15, 0.2) is 35.8 Å². The molecule has 1 fully saturated rings. The number of aromatic amines is 1. The van der Waals surface area contributed by atoms with Gasteiger partial charge in [0.1, 0.15) is 30.5 Å². The molecule has 0 aromatic carbocycles. The molecule has 0 spiro atoms. The van der Waals surface area contributed by atoms with Crippen molar-refractivity contribution in [1.29, 1.82) is 0 Å². The molecule has 0 amide bonds. The Bertz CT molecular complexity index is 1340. The highest BCUT2D eigenvalue weighted by atomic mass is 19.4. The van der Waals surface area contributed by atoms with Gasteiger partial charge in [-0.3, -0.25) is 4.79 Å². The van der Waals surface area contributed by atoms with E-state index in [2.05, 4.69) is 30.4 Å². The highest BCUT2D eigenvalue weighted by Crippen LogP contribution is 2.32. The summed E-state index contributed by atoms with van der Waals surface area (Å²) in [6.45, 7) is 1.81. The van der Waals surface area contributed by atoms with Crippen LogP contribution in [0.1, 0.15) is 18.1 Å². The highest BCUT2D eigenvalue weighted by molar-refractivity contribution is 5.50. The number of hydrogen-bond acceptors (Lipinski definition) is 11. The van der Waals surface area contributed by atoms with Crippen molar-refractivity contribution in [2.75, 3.05) is 41.4 Å². The summed E-state index contributed by atoms with van der Waals surface area (Å²) in [4.78, 5) is 30.2. The molecule has 0 unspecified atom stereocenters. The van der Waals surface area contributed by atoms with Crippen LogP contribution in [0.4, 0.5) is 43.8 Å². The fourth-order valence-corrected chi connectivity index (χ4v) is 3.72. The number of nitrogens with zero attached hydrogens (tertiary/aromatic N) is 7. The molecule has 3 aromatic rings. The van der Waals surface area contributed by atoms with Gasteiger partial charge in [-0.25, -0.2) is 25.0 Å². The summed E-state index contributed by atoms with van der Waals surface area (Å²) < 4.78 is 83.5. The second-order valence-electron chi connectivity index (χ2n) is 8.45. The monoisotopic (exact) mass is 561 g/mol. The summed E-state index contributed by atoms with van der Waals surface area (Å²) in [5.74, 6) is 0.368. The van der Waals surface area contributed by atoms with Crippen molar-refractivity contribution < 1.29 is 36.2 Å². The third kappa shape index (κ3) is 6.62. The van der Waals surface area contributed by atoms with Crippen molar-refractivity contribution in [1.82, 2.24) is 30.1 Å². The van der Waals surface area contributed by atoms with Crippen LogP contribution in [-0.4, -0.2) is 73.8 Å². The van der Waals surface area contributed by atoms with Gasteiger partial charge in [-0.05, 0) is 6.92 Å². The molecule has 0 bridgehead atoms. The molecular formula is C21H21F6N9O3. The summed E-state index contributed by atoms with van der Waals surface area (Å²) in [6, 6.07) is 0.710. The number of rotatable bonds is 7. The first-order chi connectivity index (χ1) is 18.3. The third-order valence-electron chi connectivity index (χ3n) is 5.55. The van der Waals surface area contributed by atoms with E-state index in [1.54, 1.807) is 5.10 Å². The van der Waals surface area contributed by atoms with Gasteiger partial charge in [-0.1, -0.05) is 0 Å². The standard InChI is InChI=1S/C21H21F6N9O3/c1-11(33-13-7-32-34-18(38)17(13)21(25,26)27)9-39-15-4-14(30-10-31-15)36-3-2-35(8-16(36)37)19-28-5-12(6-29-19)20(22,23)24/h4-7,10-11,16,37H,2-3,8-9H2,1H3,(H2,33,34,38)/t11-,16-/m0/s1. The highest BCUT2D eigenvalue weighted by Gasteiger charge is 2.37. The van der Waals surface area contributed by atoms with E-state index in [4.69, 9.17) is 4.74 Å². The maximum atomic E-state index is 13.2. The van der Waals surface area contributed by atoms with E-state index in [0.29, 0.717) is 12.4 Å². The smallest absolute Gasteiger partial charge is 0.423 e. The molecule has 4 rings (SSSR count). The van der Waals surface area contributed by atoms with Crippen LogP contribution in [0, 0.1) is 0 Å². The summed E-state index contributed by atoms with van der Waals surface area (Å²) in [5, 5.41) is 18.3. The lowest BCUT2D eigenvalue weighted by Gasteiger charge is -2.39. The fraction of sp³-hybridized carbons (Fsp3) is 0.429. The first kappa shape index (κ1) is 27.8. The molecule has 18 heteroatoms. The Balaban J connectivity index is 1.36. The molecule has 4 heterocycles. The minimum absolute atomic E-state index is 0.0270. The second kappa shape index (κ2) is 10.9. The van der Waals surface area contributed by atoms with Crippen LogP contribution in [0.5, 0.6) is 5.88 Å². The third-order valence-corrected chi connectivity index (χ3v) is 5.55. The zero-order valence-corrected chi connectivity index (χ0v) is 20.0. The van der Waals surface area contributed by atoms with E-state index < -0.39 is 47.0 Å². The number of anilines is 3. The van der Waals surface area contributed by atoms with Gasteiger partial charge in [-0.2, -0.15) is 31.4 Å². The van der Waals surface area contributed by atoms with Gasteiger partial charge in [0, 0.05) is 31.5 Å². The lowest BCUT2D eigenvalue weighted by atomic mass is 10.2. The quantitative estimate of drug-likeness (QED) is 0.364. The van der Waals surface area contributed by atoms with Crippen LogP contribution in [0.2, 0.25) is 0 Å². The first-order valence-electron chi connectivity index (χ1n) is 11.3. The molecule has 1 aliphatic heterocycles. The minimum atomic E-state index is -4.90. The number of aromatic nitrogens is 6. The Morgan fingerprint density at radius 2 is 1.82 bits per heavy atom. The Morgan fingerprint density at radius 3 is 2.46 bits per heavy atom. The molecule has 12 nitrogen and oxygen atoms in total. The molecule has 2 atom stereocenters. The molecular weight excluding hydrogens is 540 g/mol. The number of aliphatic hydroxyl groups is 1. The second-order valence-corrected chi connectivity index (χ2v) is 8.45. The molecule has 0 radical (unpaired) electrons. The van der Waals surface area contributed by atoms with E-state index >= 15 is 0 Å². The van der Waals surface area contributed by atoms with Gasteiger partial charge in [0.15, 0.2) is 0 Å².